The molecule has 24 heavy (non-hydrogen) atoms. The Bertz CT molecular complexity index is 620. The summed E-state index contributed by atoms with van der Waals surface area (Å²) >= 11 is 0. The molecule has 3 rings (SSSR count). The van der Waals surface area contributed by atoms with Gasteiger partial charge in [0.05, 0.1) is 5.69 Å². The zero-order valence-electron chi connectivity index (χ0n) is 14.9. The molecule has 1 N–H and O–H groups in total. The van der Waals surface area contributed by atoms with Crippen LogP contribution in [-0.2, 0) is 19.4 Å². The summed E-state index contributed by atoms with van der Waals surface area (Å²) in [4.78, 5) is 4.53. The summed E-state index contributed by atoms with van der Waals surface area (Å²) in [5.41, 5.74) is 1.13. The number of rotatable bonds is 7. The van der Waals surface area contributed by atoms with Gasteiger partial charge < -0.3 is 9.88 Å². The SMILES string of the molecule is CC(C)C[C@@H](NCCc1nnc2n1CCCCC2)c1ccccn1. The lowest BCUT2D eigenvalue weighted by Gasteiger charge is -2.20. The molecule has 5 heteroatoms. The van der Waals surface area contributed by atoms with E-state index in [1.54, 1.807) is 0 Å². The quantitative estimate of drug-likeness (QED) is 0.847. The van der Waals surface area contributed by atoms with Crippen LogP contribution < -0.4 is 5.32 Å². The number of aromatic nitrogens is 4. The fraction of sp³-hybridized carbons (Fsp3) is 0.632. The van der Waals surface area contributed by atoms with Gasteiger partial charge in [0, 0.05) is 38.2 Å². The van der Waals surface area contributed by atoms with Crippen LogP contribution in [0.3, 0.4) is 0 Å². The van der Waals surface area contributed by atoms with Gasteiger partial charge in [-0.1, -0.05) is 26.3 Å². The minimum Gasteiger partial charge on any atom is -0.315 e. The molecule has 1 atom stereocenters. The fourth-order valence-electron chi connectivity index (χ4n) is 3.45. The number of pyridine rings is 1. The molecule has 0 aromatic carbocycles. The van der Waals surface area contributed by atoms with E-state index in [-0.39, 0.29) is 0 Å². The van der Waals surface area contributed by atoms with Gasteiger partial charge in [0.1, 0.15) is 11.6 Å². The van der Waals surface area contributed by atoms with Crippen LogP contribution in [0.5, 0.6) is 0 Å². The molecule has 0 saturated carbocycles. The Morgan fingerprint density at radius 3 is 2.88 bits per heavy atom. The van der Waals surface area contributed by atoms with E-state index in [1.165, 1.54) is 25.1 Å². The van der Waals surface area contributed by atoms with Gasteiger partial charge >= 0.3 is 0 Å². The molecule has 130 valence electrons. The molecule has 0 unspecified atom stereocenters. The smallest absolute Gasteiger partial charge is 0.134 e. The van der Waals surface area contributed by atoms with Gasteiger partial charge in [0.25, 0.3) is 0 Å². The number of nitrogens with one attached hydrogen (secondary N) is 1. The van der Waals surface area contributed by atoms with Crippen molar-refractivity contribution in [3.8, 4) is 0 Å². The molecule has 0 radical (unpaired) electrons. The topological polar surface area (TPSA) is 55.6 Å². The summed E-state index contributed by atoms with van der Waals surface area (Å²) in [7, 11) is 0. The third-order valence-corrected chi connectivity index (χ3v) is 4.68. The van der Waals surface area contributed by atoms with E-state index in [1.807, 2.05) is 12.3 Å². The second-order valence-electron chi connectivity index (χ2n) is 7.14. The van der Waals surface area contributed by atoms with Gasteiger partial charge in [-0.2, -0.15) is 0 Å². The first-order valence-electron chi connectivity index (χ1n) is 9.29. The molecular weight excluding hydrogens is 298 g/mol. The van der Waals surface area contributed by atoms with E-state index in [2.05, 4.69) is 51.0 Å². The van der Waals surface area contributed by atoms with Gasteiger partial charge in [-0.3, -0.25) is 4.98 Å². The predicted octanol–water partition coefficient (Wildman–Crippen LogP) is 3.32. The Labute approximate surface area is 144 Å². The third kappa shape index (κ3) is 4.41. The maximum atomic E-state index is 4.53. The largest absolute Gasteiger partial charge is 0.315 e. The van der Waals surface area contributed by atoms with Gasteiger partial charge in [-0.15, -0.1) is 10.2 Å². The van der Waals surface area contributed by atoms with Crippen LogP contribution in [0, 0.1) is 5.92 Å². The minimum atomic E-state index is 0.303. The van der Waals surface area contributed by atoms with Crippen LogP contribution >= 0.6 is 0 Å². The maximum absolute atomic E-state index is 4.53. The summed E-state index contributed by atoms with van der Waals surface area (Å²) < 4.78 is 2.34. The normalized spacial score (nSPS) is 16.0. The Balaban J connectivity index is 1.60. The first-order valence-corrected chi connectivity index (χ1v) is 9.29. The lowest BCUT2D eigenvalue weighted by molar-refractivity contribution is 0.421. The molecule has 1 aliphatic rings. The standard InChI is InChI=1S/C19H29N5/c1-15(2)14-17(16-8-5-6-11-20-16)21-12-10-19-23-22-18-9-4-3-7-13-24(18)19/h5-6,8,11,15,17,21H,3-4,7,9-10,12-14H2,1-2H3/t17-/m1/s1. The van der Waals surface area contributed by atoms with Gasteiger partial charge in [0.15, 0.2) is 0 Å². The summed E-state index contributed by atoms with van der Waals surface area (Å²) in [5, 5.41) is 12.5. The molecule has 0 bridgehead atoms. The molecule has 3 heterocycles. The van der Waals surface area contributed by atoms with E-state index in [0.717, 1.165) is 43.9 Å². The number of hydrogen-bond donors (Lipinski definition) is 1. The number of fused-ring (bicyclic) bond motifs is 1. The van der Waals surface area contributed by atoms with E-state index in [4.69, 9.17) is 0 Å². The van der Waals surface area contributed by atoms with Crippen molar-refractivity contribution >= 4 is 0 Å². The van der Waals surface area contributed by atoms with Gasteiger partial charge in [-0.05, 0) is 37.3 Å². The van der Waals surface area contributed by atoms with Crippen molar-refractivity contribution in [3.05, 3.63) is 41.7 Å². The van der Waals surface area contributed by atoms with Crippen molar-refractivity contribution < 1.29 is 0 Å². The van der Waals surface area contributed by atoms with Crippen LogP contribution in [0.2, 0.25) is 0 Å². The highest BCUT2D eigenvalue weighted by Crippen LogP contribution is 2.19. The van der Waals surface area contributed by atoms with Crippen molar-refractivity contribution in [2.75, 3.05) is 6.54 Å². The highest BCUT2D eigenvalue weighted by molar-refractivity contribution is 5.09. The summed E-state index contributed by atoms with van der Waals surface area (Å²) in [6, 6.07) is 6.46. The van der Waals surface area contributed by atoms with Gasteiger partial charge in [-0.25, -0.2) is 0 Å². The Morgan fingerprint density at radius 1 is 1.17 bits per heavy atom. The van der Waals surface area contributed by atoms with E-state index >= 15 is 0 Å². The van der Waals surface area contributed by atoms with Gasteiger partial charge in [0.2, 0.25) is 0 Å². The molecule has 1 aliphatic heterocycles. The van der Waals surface area contributed by atoms with Crippen molar-refractivity contribution in [3.63, 3.8) is 0 Å². The van der Waals surface area contributed by atoms with Crippen LogP contribution in [0.4, 0.5) is 0 Å². The lowest BCUT2D eigenvalue weighted by atomic mass is 10.0. The molecule has 5 nitrogen and oxygen atoms in total. The zero-order chi connectivity index (χ0) is 16.8. The van der Waals surface area contributed by atoms with Crippen LogP contribution in [0.1, 0.15) is 62.9 Å². The lowest BCUT2D eigenvalue weighted by Crippen LogP contribution is -2.26. The predicted molar refractivity (Wildman–Crippen MR) is 95.7 cm³/mol. The second kappa shape index (κ2) is 8.38. The van der Waals surface area contributed by atoms with E-state index in [0.29, 0.717) is 12.0 Å². The highest BCUT2D eigenvalue weighted by Gasteiger charge is 2.17. The molecule has 0 amide bonds. The summed E-state index contributed by atoms with van der Waals surface area (Å²) in [5.74, 6) is 2.93. The number of hydrogen-bond acceptors (Lipinski definition) is 4. The van der Waals surface area contributed by atoms with Crippen molar-refractivity contribution in [2.45, 2.75) is 65.0 Å². The van der Waals surface area contributed by atoms with Crippen LogP contribution in [0.25, 0.3) is 0 Å². The monoisotopic (exact) mass is 327 g/mol. The molecule has 2 aromatic rings. The second-order valence-corrected chi connectivity index (χ2v) is 7.14. The van der Waals surface area contributed by atoms with E-state index < -0.39 is 0 Å². The Kier molecular flexibility index (Phi) is 5.96. The number of aryl methyl sites for hydroxylation is 1. The zero-order valence-corrected chi connectivity index (χ0v) is 14.9. The molecule has 0 fully saturated rings. The molecule has 0 saturated heterocycles. The Morgan fingerprint density at radius 2 is 2.08 bits per heavy atom. The van der Waals surface area contributed by atoms with Crippen LogP contribution in [0.15, 0.2) is 24.4 Å². The average Bonchev–Trinajstić information content (AvgIpc) is 2.81. The molecular formula is C19H29N5. The van der Waals surface area contributed by atoms with Crippen molar-refractivity contribution in [1.29, 1.82) is 0 Å². The molecule has 0 aliphatic carbocycles. The summed E-state index contributed by atoms with van der Waals surface area (Å²) in [6.07, 6.45) is 8.76. The molecule has 2 aromatic heterocycles. The van der Waals surface area contributed by atoms with E-state index in [9.17, 15) is 0 Å². The fourth-order valence-corrected chi connectivity index (χ4v) is 3.45. The summed E-state index contributed by atoms with van der Waals surface area (Å²) in [6.45, 7) is 6.51. The Hall–Kier alpha value is -1.75. The minimum absolute atomic E-state index is 0.303. The molecule has 0 spiro atoms. The highest BCUT2D eigenvalue weighted by atomic mass is 15.3. The first kappa shape index (κ1) is 17.1. The van der Waals surface area contributed by atoms with Crippen molar-refractivity contribution in [1.82, 2.24) is 25.1 Å². The number of nitrogens with zero attached hydrogens (tertiary/aromatic N) is 4. The van der Waals surface area contributed by atoms with Crippen LogP contribution in [-0.4, -0.2) is 26.3 Å². The maximum Gasteiger partial charge on any atom is 0.134 e. The average molecular weight is 327 g/mol. The van der Waals surface area contributed by atoms with Crippen molar-refractivity contribution in [2.24, 2.45) is 5.92 Å². The third-order valence-electron chi connectivity index (χ3n) is 4.68. The first-order chi connectivity index (χ1) is 11.7.